The third kappa shape index (κ3) is 4.88. The highest BCUT2D eigenvalue weighted by Gasteiger charge is 2.32. The van der Waals surface area contributed by atoms with Crippen molar-refractivity contribution >= 4 is 17.7 Å². The minimum Gasteiger partial charge on any atom is -0.329 e. The number of carbonyl (C=O) groups is 1. The molecule has 1 unspecified atom stereocenters. The Balaban J connectivity index is 2.10. The lowest BCUT2D eigenvalue weighted by atomic mass is 10.1. The number of carbonyl (C=O) groups excluding carboxylic acids is 1. The molecule has 1 saturated heterocycles. The summed E-state index contributed by atoms with van der Waals surface area (Å²) < 4.78 is 0. The van der Waals surface area contributed by atoms with Crippen LogP contribution in [0.15, 0.2) is 0 Å². The minimum absolute atomic E-state index is 0.0477. The zero-order chi connectivity index (χ0) is 12.7. The van der Waals surface area contributed by atoms with Gasteiger partial charge < -0.3 is 4.90 Å². The first-order valence-electron chi connectivity index (χ1n) is 6.68. The highest BCUT2D eigenvalue weighted by molar-refractivity contribution is 7.98. The number of thioether (sulfide) groups is 1. The molecule has 1 aliphatic rings. The van der Waals surface area contributed by atoms with Crippen LogP contribution in [0.1, 0.15) is 39.5 Å². The van der Waals surface area contributed by atoms with Crippen LogP contribution >= 0.6 is 11.8 Å². The second-order valence-electron chi connectivity index (χ2n) is 5.09. The number of unbranched alkanes of at least 4 members (excludes halogenated alkanes) is 3. The molecule has 0 radical (unpaired) electrons. The number of nitrogens with zero attached hydrogens (tertiary/aromatic N) is 1. The monoisotopic (exact) mass is 258 g/mol. The van der Waals surface area contributed by atoms with Gasteiger partial charge >= 0.3 is 0 Å². The van der Waals surface area contributed by atoms with Gasteiger partial charge in [-0.2, -0.15) is 11.8 Å². The largest absolute Gasteiger partial charge is 0.329 e. The molecule has 0 spiro atoms. The molecule has 17 heavy (non-hydrogen) atoms. The molecule has 0 aliphatic carbocycles. The fourth-order valence-electron chi connectivity index (χ4n) is 2.18. The van der Waals surface area contributed by atoms with Crippen molar-refractivity contribution in [2.24, 2.45) is 5.92 Å². The van der Waals surface area contributed by atoms with Crippen molar-refractivity contribution < 1.29 is 4.79 Å². The van der Waals surface area contributed by atoms with E-state index in [4.69, 9.17) is 0 Å². The van der Waals surface area contributed by atoms with Gasteiger partial charge in [0.05, 0.1) is 12.7 Å². The number of nitrogens with one attached hydrogen (secondary N) is 1. The highest BCUT2D eigenvalue weighted by atomic mass is 32.2. The lowest BCUT2D eigenvalue weighted by Gasteiger charge is -2.16. The van der Waals surface area contributed by atoms with E-state index in [1.165, 1.54) is 25.0 Å². The molecule has 1 atom stereocenters. The van der Waals surface area contributed by atoms with Gasteiger partial charge in [-0.05, 0) is 30.8 Å². The second-order valence-corrected chi connectivity index (χ2v) is 6.08. The summed E-state index contributed by atoms with van der Waals surface area (Å²) in [5.41, 5.74) is 0. The maximum absolute atomic E-state index is 12.0. The predicted molar refractivity (Wildman–Crippen MR) is 75.2 cm³/mol. The molecule has 0 bridgehead atoms. The van der Waals surface area contributed by atoms with Crippen molar-refractivity contribution in [3.8, 4) is 0 Å². The van der Waals surface area contributed by atoms with Gasteiger partial charge in [0.2, 0.25) is 5.91 Å². The Hall–Kier alpha value is -0.220. The van der Waals surface area contributed by atoms with Gasteiger partial charge in [-0.1, -0.05) is 26.7 Å². The van der Waals surface area contributed by atoms with Crippen LogP contribution in [0.25, 0.3) is 0 Å². The van der Waals surface area contributed by atoms with E-state index < -0.39 is 0 Å². The standard InChI is InChI=1S/C13H26N2OS/c1-11(2)12-13(16)15(10-14-12)8-6-4-5-7-9-17-3/h11-12,14H,4-10H2,1-3H3. The maximum Gasteiger partial charge on any atom is 0.241 e. The Bertz CT molecular complexity index is 233. The highest BCUT2D eigenvalue weighted by Crippen LogP contribution is 2.13. The fraction of sp³-hybridized carbons (Fsp3) is 0.923. The maximum atomic E-state index is 12.0. The first-order chi connectivity index (χ1) is 8.16. The normalized spacial score (nSPS) is 20.6. The van der Waals surface area contributed by atoms with Gasteiger partial charge in [0.15, 0.2) is 0 Å². The summed E-state index contributed by atoms with van der Waals surface area (Å²) in [5.74, 6) is 1.96. The fourth-order valence-corrected chi connectivity index (χ4v) is 2.68. The van der Waals surface area contributed by atoms with Gasteiger partial charge in [-0.25, -0.2) is 0 Å². The van der Waals surface area contributed by atoms with E-state index in [2.05, 4.69) is 25.4 Å². The molecule has 0 aromatic rings. The van der Waals surface area contributed by atoms with E-state index in [1.54, 1.807) is 0 Å². The summed E-state index contributed by atoms with van der Waals surface area (Å²) in [6, 6.07) is 0.0477. The first-order valence-corrected chi connectivity index (χ1v) is 8.07. The minimum atomic E-state index is 0.0477. The third-order valence-corrected chi connectivity index (χ3v) is 3.97. The van der Waals surface area contributed by atoms with E-state index >= 15 is 0 Å². The van der Waals surface area contributed by atoms with Crippen molar-refractivity contribution in [3.05, 3.63) is 0 Å². The molecule has 0 aromatic heterocycles. The average Bonchev–Trinajstić information content (AvgIpc) is 2.65. The number of rotatable bonds is 8. The van der Waals surface area contributed by atoms with Crippen LogP contribution in [-0.4, -0.2) is 42.1 Å². The van der Waals surface area contributed by atoms with Crippen molar-refractivity contribution in [3.63, 3.8) is 0 Å². The molecular formula is C13H26N2OS. The molecule has 4 heteroatoms. The Morgan fingerprint density at radius 1 is 1.35 bits per heavy atom. The van der Waals surface area contributed by atoms with E-state index in [0.717, 1.165) is 19.6 Å². The first kappa shape index (κ1) is 14.8. The van der Waals surface area contributed by atoms with E-state index in [9.17, 15) is 4.79 Å². The summed E-state index contributed by atoms with van der Waals surface area (Å²) in [7, 11) is 0. The van der Waals surface area contributed by atoms with Crippen LogP contribution in [0.5, 0.6) is 0 Å². The van der Waals surface area contributed by atoms with Crippen molar-refractivity contribution in [1.82, 2.24) is 10.2 Å². The Morgan fingerprint density at radius 3 is 2.65 bits per heavy atom. The molecule has 0 saturated carbocycles. The summed E-state index contributed by atoms with van der Waals surface area (Å²) >= 11 is 1.91. The second kappa shape index (κ2) is 7.98. The molecule has 1 N–H and O–H groups in total. The lowest BCUT2D eigenvalue weighted by Crippen LogP contribution is -2.34. The van der Waals surface area contributed by atoms with Crippen LogP contribution in [-0.2, 0) is 4.79 Å². The Morgan fingerprint density at radius 2 is 2.06 bits per heavy atom. The predicted octanol–water partition coefficient (Wildman–Crippen LogP) is 2.32. The van der Waals surface area contributed by atoms with Gasteiger partial charge in [0, 0.05) is 6.54 Å². The topological polar surface area (TPSA) is 32.3 Å². The van der Waals surface area contributed by atoms with Gasteiger partial charge in [-0.15, -0.1) is 0 Å². The quantitative estimate of drug-likeness (QED) is 0.678. The van der Waals surface area contributed by atoms with Crippen molar-refractivity contribution in [1.29, 1.82) is 0 Å². The van der Waals surface area contributed by atoms with Crippen LogP contribution in [0, 0.1) is 5.92 Å². The molecular weight excluding hydrogens is 232 g/mol. The zero-order valence-corrected chi connectivity index (χ0v) is 12.2. The number of amides is 1. The molecule has 1 rings (SSSR count). The zero-order valence-electron chi connectivity index (χ0n) is 11.4. The van der Waals surface area contributed by atoms with Crippen molar-refractivity contribution in [2.75, 3.05) is 25.2 Å². The molecule has 1 heterocycles. The van der Waals surface area contributed by atoms with Crippen LogP contribution < -0.4 is 5.32 Å². The Kier molecular flexibility index (Phi) is 6.97. The third-order valence-electron chi connectivity index (χ3n) is 3.27. The van der Waals surface area contributed by atoms with Gasteiger partial charge in [0.25, 0.3) is 0 Å². The Labute approximate surface area is 110 Å². The summed E-state index contributed by atoms with van der Waals surface area (Å²) in [5, 5.41) is 3.29. The number of hydrogen-bond donors (Lipinski definition) is 1. The molecule has 100 valence electrons. The smallest absolute Gasteiger partial charge is 0.241 e. The SMILES string of the molecule is CSCCCCCCN1CNC(C(C)C)C1=O. The van der Waals surface area contributed by atoms with Gasteiger partial charge in [-0.3, -0.25) is 10.1 Å². The van der Waals surface area contributed by atoms with Gasteiger partial charge in [0.1, 0.15) is 0 Å². The average molecular weight is 258 g/mol. The van der Waals surface area contributed by atoms with E-state index in [1.807, 2.05) is 16.7 Å². The lowest BCUT2D eigenvalue weighted by molar-refractivity contribution is -0.129. The summed E-state index contributed by atoms with van der Waals surface area (Å²) in [4.78, 5) is 13.9. The molecule has 0 aromatic carbocycles. The molecule has 1 amide bonds. The summed E-state index contributed by atoms with van der Waals surface area (Å²) in [6.07, 6.45) is 7.15. The molecule has 1 fully saturated rings. The summed E-state index contributed by atoms with van der Waals surface area (Å²) in [6.45, 7) is 5.86. The molecule has 1 aliphatic heterocycles. The van der Waals surface area contributed by atoms with E-state index in [-0.39, 0.29) is 6.04 Å². The van der Waals surface area contributed by atoms with E-state index in [0.29, 0.717) is 11.8 Å². The van der Waals surface area contributed by atoms with Crippen LogP contribution in [0.3, 0.4) is 0 Å². The van der Waals surface area contributed by atoms with Crippen LogP contribution in [0.2, 0.25) is 0 Å². The molecule has 3 nitrogen and oxygen atoms in total. The number of hydrogen-bond acceptors (Lipinski definition) is 3. The van der Waals surface area contributed by atoms with Crippen molar-refractivity contribution in [2.45, 2.75) is 45.6 Å². The van der Waals surface area contributed by atoms with Crippen LogP contribution in [0.4, 0.5) is 0 Å².